The predicted octanol–water partition coefficient (Wildman–Crippen LogP) is 6.29. The molecule has 0 heterocycles. The van der Waals surface area contributed by atoms with Crippen LogP contribution in [0.2, 0.25) is 0 Å². The van der Waals surface area contributed by atoms with Gasteiger partial charge in [0.05, 0.1) is 0 Å². The number of thioether (sulfide) groups is 1. The van der Waals surface area contributed by atoms with Crippen molar-refractivity contribution in [2.45, 2.75) is 96.8 Å². The molecular weight excluding hydrogens is 280 g/mol. The van der Waals surface area contributed by atoms with Crippen molar-refractivity contribution in [1.29, 1.82) is 0 Å². The SMILES string of the molecule is CCCCCCCCCCCCSCCCCCC(=O)O. The molecule has 21 heavy (non-hydrogen) atoms. The van der Waals surface area contributed by atoms with E-state index in [0.29, 0.717) is 6.42 Å². The molecule has 0 aliphatic rings. The van der Waals surface area contributed by atoms with Crippen molar-refractivity contribution < 1.29 is 9.90 Å². The lowest BCUT2D eigenvalue weighted by molar-refractivity contribution is -0.137. The Labute approximate surface area is 136 Å². The molecule has 0 aromatic rings. The number of carboxylic acids is 1. The van der Waals surface area contributed by atoms with Gasteiger partial charge in [-0.1, -0.05) is 71.1 Å². The molecule has 0 aliphatic carbocycles. The number of hydrogen-bond acceptors (Lipinski definition) is 2. The Morgan fingerprint density at radius 1 is 0.714 bits per heavy atom. The maximum Gasteiger partial charge on any atom is 0.303 e. The second-order valence-electron chi connectivity index (χ2n) is 6.00. The monoisotopic (exact) mass is 316 g/mol. The van der Waals surface area contributed by atoms with E-state index in [0.717, 1.165) is 12.8 Å². The molecule has 0 rings (SSSR count). The van der Waals surface area contributed by atoms with Crippen LogP contribution in [0.1, 0.15) is 96.8 Å². The van der Waals surface area contributed by atoms with Crippen molar-refractivity contribution in [3.05, 3.63) is 0 Å². The topological polar surface area (TPSA) is 37.3 Å². The highest BCUT2D eigenvalue weighted by atomic mass is 32.2. The fraction of sp³-hybridized carbons (Fsp3) is 0.944. The van der Waals surface area contributed by atoms with Crippen molar-refractivity contribution in [3.8, 4) is 0 Å². The van der Waals surface area contributed by atoms with Gasteiger partial charge in [0.15, 0.2) is 0 Å². The van der Waals surface area contributed by atoms with Gasteiger partial charge in [-0.15, -0.1) is 0 Å². The molecule has 0 atom stereocenters. The van der Waals surface area contributed by atoms with Gasteiger partial charge in [-0.3, -0.25) is 4.79 Å². The van der Waals surface area contributed by atoms with E-state index in [2.05, 4.69) is 6.92 Å². The third kappa shape index (κ3) is 19.8. The molecule has 0 fully saturated rings. The summed E-state index contributed by atoms with van der Waals surface area (Å²) in [6.45, 7) is 2.27. The minimum absolute atomic E-state index is 0.336. The lowest BCUT2D eigenvalue weighted by atomic mass is 10.1. The van der Waals surface area contributed by atoms with Crippen LogP contribution in [0.3, 0.4) is 0 Å². The van der Waals surface area contributed by atoms with Crippen molar-refractivity contribution in [2.24, 2.45) is 0 Å². The van der Waals surface area contributed by atoms with Gasteiger partial charge >= 0.3 is 5.97 Å². The maximum absolute atomic E-state index is 10.3. The highest BCUT2D eigenvalue weighted by molar-refractivity contribution is 7.99. The van der Waals surface area contributed by atoms with E-state index in [-0.39, 0.29) is 0 Å². The molecule has 0 amide bonds. The largest absolute Gasteiger partial charge is 0.481 e. The quantitative estimate of drug-likeness (QED) is 0.321. The second kappa shape index (κ2) is 17.9. The number of hydrogen-bond donors (Lipinski definition) is 1. The van der Waals surface area contributed by atoms with E-state index in [9.17, 15) is 4.79 Å². The summed E-state index contributed by atoms with van der Waals surface area (Å²) in [7, 11) is 0. The third-order valence-corrected chi connectivity index (χ3v) is 4.98. The minimum atomic E-state index is -0.659. The molecule has 3 heteroatoms. The van der Waals surface area contributed by atoms with Gasteiger partial charge in [-0.25, -0.2) is 0 Å². The van der Waals surface area contributed by atoms with Crippen molar-refractivity contribution >= 4 is 17.7 Å². The molecule has 2 nitrogen and oxygen atoms in total. The second-order valence-corrected chi connectivity index (χ2v) is 7.22. The summed E-state index contributed by atoms with van der Waals surface area (Å²) in [5.41, 5.74) is 0. The minimum Gasteiger partial charge on any atom is -0.481 e. The van der Waals surface area contributed by atoms with E-state index in [1.165, 1.54) is 82.1 Å². The first-order valence-electron chi connectivity index (χ1n) is 9.07. The van der Waals surface area contributed by atoms with Gasteiger partial charge in [-0.2, -0.15) is 11.8 Å². The fourth-order valence-corrected chi connectivity index (χ4v) is 3.47. The summed E-state index contributed by atoms with van der Waals surface area (Å²) < 4.78 is 0. The van der Waals surface area contributed by atoms with Crippen LogP contribution in [0.25, 0.3) is 0 Å². The van der Waals surface area contributed by atoms with E-state index >= 15 is 0 Å². The van der Waals surface area contributed by atoms with Gasteiger partial charge in [-0.05, 0) is 30.8 Å². The molecule has 0 aliphatic heterocycles. The summed E-state index contributed by atoms with van der Waals surface area (Å²) in [6.07, 6.45) is 17.5. The van der Waals surface area contributed by atoms with E-state index in [4.69, 9.17) is 5.11 Å². The molecular formula is C18H36O2S. The number of carbonyl (C=O) groups is 1. The van der Waals surface area contributed by atoms with Gasteiger partial charge < -0.3 is 5.11 Å². The molecule has 1 N–H and O–H groups in total. The molecule has 0 saturated heterocycles. The predicted molar refractivity (Wildman–Crippen MR) is 95.3 cm³/mol. The van der Waals surface area contributed by atoms with Crippen LogP contribution in [-0.2, 0) is 4.79 Å². The average molecular weight is 317 g/mol. The fourth-order valence-electron chi connectivity index (χ4n) is 2.45. The average Bonchev–Trinajstić information content (AvgIpc) is 2.46. The lowest BCUT2D eigenvalue weighted by Crippen LogP contribution is -1.94. The zero-order chi connectivity index (χ0) is 15.6. The Kier molecular flexibility index (Phi) is 17.7. The first-order chi connectivity index (χ1) is 10.3. The summed E-state index contributed by atoms with van der Waals surface area (Å²) >= 11 is 2.04. The number of carboxylic acid groups (broad SMARTS) is 1. The van der Waals surface area contributed by atoms with Gasteiger partial charge in [0.2, 0.25) is 0 Å². The van der Waals surface area contributed by atoms with Crippen LogP contribution in [-0.4, -0.2) is 22.6 Å². The summed E-state index contributed by atoms with van der Waals surface area (Å²) in [4.78, 5) is 10.3. The standard InChI is InChI=1S/C18H36O2S/c1-2-3-4-5-6-7-8-9-10-13-16-21-17-14-11-12-15-18(19)20/h2-17H2,1H3,(H,19,20). The Morgan fingerprint density at radius 2 is 1.14 bits per heavy atom. The molecule has 0 bridgehead atoms. The van der Waals surface area contributed by atoms with Gasteiger partial charge in [0, 0.05) is 6.42 Å². The number of aliphatic carboxylic acids is 1. The molecule has 0 radical (unpaired) electrons. The molecule has 0 aromatic heterocycles. The lowest BCUT2D eigenvalue weighted by Gasteiger charge is -2.03. The van der Waals surface area contributed by atoms with Crippen molar-refractivity contribution in [2.75, 3.05) is 11.5 Å². The van der Waals surface area contributed by atoms with E-state index < -0.39 is 5.97 Å². The Bertz CT molecular complexity index is 219. The first-order valence-corrected chi connectivity index (χ1v) is 10.2. The number of unbranched alkanes of at least 4 members (excludes halogenated alkanes) is 11. The van der Waals surface area contributed by atoms with Crippen molar-refractivity contribution in [3.63, 3.8) is 0 Å². The van der Waals surface area contributed by atoms with Crippen LogP contribution < -0.4 is 0 Å². The first kappa shape index (κ1) is 20.8. The Morgan fingerprint density at radius 3 is 1.62 bits per heavy atom. The van der Waals surface area contributed by atoms with Gasteiger partial charge in [0.25, 0.3) is 0 Å². The van der Waals surface area contributed by atoms with Crippen LogP contribution in [0, 0.1) is 0 Å². The van der Waals surface area contributed by atoms with E-state index in [1.54, 1.807) is 0 Å². The third-order valence-electron chi connectivity index (χ3n) is 3.82. The Hall–Kier alpha value is -0.180. The normalized spacial score (nSPS) is 10.9. The molecule has 0 spiro atoms. The van der Waals surface area contributed by atoms with Crippen LogP contribution in [0.15, 0.2) is 0 Å². The molecule has 0 unspecified atom stereocenters. The summed E-state index contributed by atoms with van der Waals surface area (Å²) in [5.74, 6) is 1.83. The Balaban J connectivity index is 2.95. The smallest absolute Gasteiger partial charge is 0.303 e. The molecule has 126 valence electrons. The zero-order valence-electron chi connectivity index (χ0n) is 14.1. The summed E-state index contributed by atoms with van der Waals surface area (Å²) in [5, 5.41) is 8.52. The highest BCUT2D eigenvalue weighted by Crippen LogP contribution is 2.13. The van der Waals surface area contributed by atoms with Crippen LogP contribution >= 0.6 is 11.8 Å². The van der Waals surface area contributed by atoms with Crippen molar-refractivity contribution in [1.82, 2.24) is 0 Å². The molecule has 0 aromatic carbocycles. The zero-order valence-corrected chi connectivity index (χ0v) is 14.9. The van der Waals surface area contributed by atoms with Gasteiger partial charge in [0.1, 0.15) is 0 Å². The maximum atomic E-state index is 10.3. The van der Waals surface area contributed by atoms with E-state index in [1.807, 2.05) is 11.8 Å². The van der Waals surface area contributed by atoms with Crippen LogP contribution in [0.4, 0.5) is 0 Å². The number of rotatable bonds is 17. The highest BCUT2D eigenvalue weighted by Gasteiger charge is 1.97. The molecule has 0 saturated carbocycles. The summed E-state index contributed by atoms with van der Waals surface area (Å²) in [6, 6.07) is 0. The van der Waals surface area contributed by atoms with Crippen LogP contribution in [0.5, 0.6) is 0 Å².